The highest BCUT2D eigenvalue weighted by Crippen LogP contribution is 2.42. The molecule has 15 heteroatoms. The van der Waals surface area contributed by atoms with Crippen LogP contribution < -0.4 is 15.2 Å². The standard InChI is InChI=1S/C39H32F2N6O5S2/c1-24-12-11-19-46(20-24)21-25-22-53-35-31(34(49)47(35)32(25)36(50)51)43-33(48)30(45-52-37(40)41)29-23-54-38(42-29)44-39(26-13-5-2-6-14-26,27-15-7-3-8-16-27)28-17-9-4-10-18-28/h2-20,23,31,35,37H,21-22H2,1H3,(H2-,42,43,44,48,50,51)/p+1/t31?,35-/m1/s1. The average Bonchev–Trinajstić information content (AvgIpc) is 3.64. The minimum Gasteiger partial charge on any atom is -0.477 e. The average molecular weight is 768 g/mol. The van der Waals surface area contributed by atoms with Crippen LogP contribution in [0.4, 0.5) is 13.9 Å². The van der Waals surface area contributed by atoms with E-state index < -0.39 is 47.1 Å². The van der Waals surface area contributed by atoms with Gasteiger partial charge in [0, 0.05) is 28.3 Å². The third-order valence-corrected chi connectivity index (χ3v) is 11.1. The van der Waals surface area contributed by atoms with E-state index >= 15 is 0 Å². The largest absolute Gasteiger partial charge is 0.477 e. The second kappa shape index (κ2) is 15.6. The zero-order chi connectivity index (χ0) is 37.8. The molecule has 1 saturated heterocycles. The Bertz CT molecular complexity index is 2140. The zero-order valence-electron chi connectivity index (χ0n) is 28.6. The molecule has 5 aromatic rings. The Morgan fingerprint density at radius 1 is 1.00 bits per heavy atom. The van der Waals surface area contributed by atoms with Gasteiger partial charge < -0.3 is 20.6 Å². The van der Waals surface area contributed by atoms with Crippen LogP contribution in [0.25, 0.3) is 0 Å². The van der Waals surface area contributed by atoms with Crippen LogP contribution in [0.5, 0.6) is 0 Å². The summed E-state index contributed by atoms with van der Waals surface area (Å²) in [6, 6.07) is 31.8. The fraction of sp³-hybridized carbons (Fsp3) is 0.179. The molecule has 1 fully saturated rings. The molecule has 0 radical (unpaired) electrons. The quantitative estimate of drug-likeness (QED) is 0.0469. The number of oxime groups is 1. The summed E-state index contributed by atoms with van der Waals surface area (Å²) < 4.78 is 28.4. The van der Waals surface area contributed by atoms with Crippen molar-refractivity contribution in [1.82, 2.24) is 15.2 Å². The van der Waals surface area contributed by atoms with E-state index in [0.717, 1.165) is 38.5 Å². The summed E-state index contributed by atoms with van der Waals surface area (Å²) >= 11 is 2.41. The fourth-order valence-corrected chi connectivity index (χ4v) is 8.75. The van der Waals surface area contributed by atoms with Gasteiger partial charge in [0.15, 0.2) is 29.8 Å². The first kappa shape index (κ1) is 36.4. The first-order valence-electron chi connectivity index (χ1n) is 16.7. The predicted molar refractivity (Wildman–Crippen MR) is 200 cm³/mol. The van der Waals surface area contributed by atoms with Gasteiger partial charge in [-0.05, 0) is 29.7 Å². The van der Waals surface area contributed by atoms with Crippen molar-refractivity contribution < 1.29 is 37.7 Å². The number of β-lactam (4-membered cyclic amide) rings is 1. The van der Waals surface area contributed by atoms with Crippen molar-refractivity contribution in [3.05, 3.63) is 160 Å². The molecule has 54 heavy (non-hydrogen) atoms. The van der Waals surface area contributed by atoms with E-state index in [4.69, 9.17) is 0 Å². The van der Waals surface area contributed by atoms with Crippen LogP contribution in [0.15, 0.2) is 137 Å². The van der Waals surface area contributed by atoms with Gasteiger partial charge >= 0.3 is 12.6 Å². The maximum Gasteiger partial charge on any atom is 0.407 e. The molecule has 1 unspecified atom stereocenters. The van der Waals surface area contributed by atoms with Crippen molar-refractivity contribution in [1.29, 1.82) is 0 Å². The van der Waals surface area contributed by atoms with Gasteiger partial charge in [-0.15, -0.1) is 23.1 Å². The number of nitrogens with zero attached hydrogens (tertiary/aromatic N) is 4. The summed E-state index contributed by atoms with van der Waals surface area (Å²) in [6.07, 6.45) is 3.68. The Hall–Kier alpha value is -5.93. The number of aliphatic carboxylic acids is 1. The second-order valence-electron chi connectivity index (χ2n) is 12.5. The van der Waals surface area contributed by atoms with E-state index in [1.165, 1.54) is 17.1 Å². The molecule has 11 nitrogen and oxygen atoms in total. The number of halogens is 2. The number of aromatic nitrogens is 2. The zero-order valence-corrected chi connectivity index (χ0v) is 30.3. The lowest BCUT2D eigenvalue weighted by Crippen LogP contribution is -2.71. The minimum atomic E-state index is -3.34. The number of hydrogen-bond donors (Lipinski definition) is 3. The second-order valence-corrected chi connectivity index (χ2v) is 14.5. The minimum absolute atomic E-state index is 0.0766. The number of thioether (sulfide) groups is 1. The van der Waals surface area contributed by atoms with Gasteiger partial charge in [-0.25, -0.2) is 14.3 Å². The first-order valence-corrected chi connectivity index (χ1v) is 18.7. The van der Waals surface area contributed by atoms with Crippen LogP contribution in [-0.2, 0) is 31.3 Å². The molecule has 2 atom stereocenters. The Morgan fingerprint density at radius 3 is 2.17 bits per heavy atom. The van der Waals surface area contributed by atoms with E-state index in [2.05, 4.69) is 25.6 Å². The smallest absolute Gasteiger partial charge is 0.407 e. The highest BCUT2D eigenvalue weighted by molar-refractivity contribution is 8.00. The number of hydrogen-bond acceptors (Lipinski definition) is 9. The fourth-order valence-electron chi connectivity index (χ4n) is 6.66. The number of pyridine rings is 1. The van der Waals surface area contributed by atoms with Crippen LogP contribution in [0.1, 0.15) is 27.9 Å². The number of amides is 2. The summed E-state index contributed by atoms with van der Waals surface area (Å²) in [7, 11) is 0. The monoisotopic (exact) mass is 767 g/mol. The van der Waals surface area contributed by atoms with Crippen molar-refractivity contribution in [3.63, 3.8) is 0 Å². The predicted octanol–water partition coefficient (Wildman–Crippen LogP) is 5.53. The number of aryl methyl sites for hydroxylation is 1. The maximum atomic E-state index is 13.8. The number of rotatable bonds is 13. The number of carboxylic acids is 1. The normalized spacial score (nSPS) is 17.1. The third kappa shape index (κ3) is 7.19. The summed E-state index contributed by atoms with van der Waals surface area (Å²) in [5, 5.41) is 20.8. The number of alkyl halides is 2. The number of thiazole rings is 1. The Labute approximate surface area is 317 Å². The number of carbonyl (C=O) groups excluding carboxylic acids is 2. The molecule has 0 spiro atoms. The molecule has 3 N–H and O–H groups in total. The molecule has 0 aliphatic carbocycles. The number of benzene rings is 3. The van der Waals surface area contributed by atoms with Crippen LogP contribution in [0, 0.1) is 6.92 Å². The van der Waals surface area contributed by atoms with E-state index in [0.29, 0.717) is 10.7 Å². The van der Waals surface area contributed by atoms with Gasteiger partial charge in [0.1, 0.15) is 28.3 Å². The van der Waals surface area contributed by atoms with E-state index in [-0.39, 0.29) is 23.7 Å². The lowest BCUT2D eigenvalue weighted by atomic mass is 9.77. The highest BCUT2D eigenvalue weighted by atomic mass is 32.2. The topological polar surface area (TPSA) is 137 Å². The number of nitrogens with one attached hydrogen (secondary N) is 2. The Balaban J connectivity index is 1.17. The molecular formula is C39H33F2N6O5S2+. The van der Waals surface area contributed by atoms with Crippen molar-refractivity contribution in [2.24, 2.45) is 5.16 Å². The lowest BCUT2D eigenvalue weighted by molar-refractivity contribution is -0.689. The molecule has 3 aromatic carbocycles. The Morgan fingerprint density at radius 2 is 1.61 bits per heavy atom. The highest BCUT2D eigenvalue weighted by Gasteiger charge is 2.55. The SMILES string of the molecule is Cc1ccc[n+](CC2=C(C(=O)O)N3C(=O)C(NC(=O)C(=NOC(F)F)c4csc(NC(c5ccccc5)(c5ccccc5)c5ccccc5)n4)[C@H]3SC2)c1. The summed E-state index contributed by atoms with van der Waals surface area (Å²) in [5.41, 5.74) is 2.41. The maximum absolute atomic E-state index is 13.8. The third-order valence-electron chi connectivity index (χ3n) is 9.02. The van der Waals surface area contributed by atoms with Gasteiger partial charge in [-0.3, -0.25) is 14.5 Å². The van der Waals surface area contributed by atoms with Crippen molar-refractivity contribution in [3.8, 4) is 0 Å². The summed E-state index contributed by atoms with van der Waals surface area (Å²) in [4.78, 5) is 49.7. The molecule has 0 saturated carbocycles. The number of anilines is 1. The lowest BCUT2D eigenvalue weighted by Gasteiger charge is -2.49. The summed E-state index contributed by atoms with van der Waals surface area (Å²) in [6.45, 7) is -1.17. The van der Waals surface area contributed by atoms with Gasteiger partial charge in [0.25, 0.3) is 11.8 Å². The van der Waals surface area contributed by atoms with Gasteiger partial charge in [-0.2, -0.15) is 8.78 Å². The molecule has 7 rings (SSSR count). The number of carboxylic acid groups (broad SMARTS) is 1. The number of fused-ring (bicyclic) bond motifs is 1. The first-order chi connectivity index (χ1) is 26.2. The van der Waals surface area contributed by atoms with E-state index in [1.807, 2.05) is 127 Å². The molecule has 0 bridgehead atoms. The van der Waals surface area contributed by atoms with Gasteiger partial charge in [0.05, 0.1) is 0 Å². The molecular weight excluding hydrogens is 735 g/mol. The van der Waals surface area contributed by atoms with E-state index in [1.54, 1.807) is 0 Å². The van der Waals surface area contributed by atoms with Crippen LogP contribution >= 0.6 is 23.1 Å². The summed E-state index contributed by atoms with van der Waals surface area (Å²) in [5.74, 6) is -2.63. The Kier molecular flexibility index (Phi) is 10.5. The molecule has 2 aromatic heterocycles. The number of carbonyl (C=O) groups is 3. The molecule has 2 amide bonds. The molecule has 2 aliphatic rings. The van der Waals surface area contributed by atoms with Gasteiger partial charge in [-0.1, -0.05) is 96.2 Å². The van der Waals surface area contributed by atoms with Crippen molar-refractivity contribution in [2.75, 3.05) is 11.1 Å². The van der Waals surface area contributed by atoms with Crippen LogP contribution in [0.2, 0.25) is 0 Å². The molecule has 4 heterocycles. The van der Waals surface area contributed by atoms with Crippen molar-refractivity contribution >= 4 is 51.7 Å². The van der Waals surface area contributed by atoms with Crippen LogP contribution in [-0.4, -0.2) is 62.3 Å². The van der Waals surface area contributed by atoms with Crippen molar-refractivity contribution in [2.45, 2.75) is 37.0 Å². The van der Waals surface area contributed by atoms with Gasteiger partial charge in [0.2, 0.25) is 0 Å². The van der Waals surface area contributed by atoms with E-state index in [9.17, 15) is 28.3 Å². The van der Waals surface area contributed by atoms with Crippen LogP contribution in [0.3, 0.4) is 0 Å². The molecule has 2 aliphatic heterocycles. The molecule has 274 valence electrons.